The number of rotatable bonds is 6. The molecule has 0 bridgehead atoms. The maximum absolute atomic E-state index is 11.7. The van der Waals surface area contributed by atoms with Crippen molar-refractivity contribution >= 4 is 5.91 Å². The first-order valence-corrected chi connectivity index (χ1v) is 5.53. The van der Waals surface area contributed by atoms with Crippen LogP contribution in [0.3, 0.4) is 0 Å². The predicted octanol–water partition coefficient (Wildman–Crippen LogP) is 0.579. The summed E-state index contributed by atoms with van der Waals surface area (Å²) in [5.41, 5.74) is 0. The van der Waals surface area contributed by atoms with Gasteiger partial charge in [-0.15, -0.1) is 0 Å². The number of aliphatic hydroxyl groups excluding tert-OH is 1. The molecule has 5 nitrogen and oxygen atoms in total. The second kappa shape index (κ2) is 6.27. The molecule has 2 atom stereocenters. The van der Waals surface area contributed by atoms with Crippen LogP contribution in [0.25, 0.3) is 0 Å². The molecular formula is C11H19N3O2. The molecule has 0 fully saturated rings. The molecule has 0 aromatic carbocycles. The number of aromatic nitrogens is 2. The van der Waals surface area contributed by atoms with Crippen molar-refractivity contribution in [3.63, 3.8) is 0 Å². The summed E-state index contributed by atoms with van der Waals surface area (Å²) in [7, 11) is 0. The van der Waals surface area contributed by atoms with Gasteiger partial charge in [0.1, 0.15) is 6.04 Å². The standard InChI is InChI=1S/C11H19N3O2/c1-9(4-7-15)8-12-11(16)10(2)14-6-3-5-13-14/h3,5-6,9-10,15H,4,7-8H2,1-2H3,(H,12,16). The minimum Gasteiger partial charge on any atom is -0.396 e. The number of carbonyl (C=O) groups is 1. The number of nitrogens with one attached hydrogen (secondary N) is 1. The number of nitrogens with zero attached hydrogens (tertiary/aromatic N) is 2. The van der Waals surface area contributed by atoms with E-state index in [-0.39, 0.29) is 18.6 Å². The predicted molar refractivity (Wildman–Crippen MR) is 60.8 cm³/mol. The van der Waals surface area contributed by atoms with Crippen LogP contribution in [0.4, 0.5) is 0 Å². The van der Waals surface area contributed by atoms with Crippen LogP contribution in [0.5, 0.6) is 0 Å². The van der Waals surface area contributed by atoms with Crippen molar-refractivity contribution in [2.45, 2.75) is 26.3 Å². The van der Waals surface area contributed by atoms with Crippen molar-refractivity contribution in [2.24, 2.45) is 5.92 Å². The molecule has 1 amide bonds. The molecule has 1 rings (SSSR count). The molecule has 1 aromatic heterocycles. The lowest BCUT2D eigenvalue weighted by molar-refractivity contribution is -0.124. The molecule has 0 radical (unpaired) electrons. The van der Waals surface area contributed by atoms with E-state index in [1.807, 2.05) is 6.92 Å². The Morgan fingerprint density at radius 1 is 1.56 bits per heavy atom. The first kappa shape index (κ1) is 12.7. The topological polar surface area (TPSA) is 67.2 Å². The molecule has 0 saturated carbocycles. The average molecular weight is 225 g/mol. The fraction of sp³-hybridized carbons (Fsp3) is 0.636. The second-order valence-corrected chi connectivity index (χ2v) is 4.02. The zero-order valence-corrected chi connectivity index (χ0v) is 9.76. The Kier molecular flexibility index (Phi) is 4.98. The number of carbonyl (C=O) groups excluding carboxylic acids is 1. The molecule has 90 valence electrons. The molecule has 2 N–H and O–H groups in total. The summed E-state index contributed by atoms with van der Waals surface area (Å²) in [6.07, 6.45) is 4.12. The van der Waals surface area contributed by atoms with Gasteiger partial charge in [0.05, 0.1) is 0 Å². The molecule has 0 aliphatic rings. The molecule has 5 heteroatoms. The Morgan fingerprint density at radius 3 is 2.88 bits per heavy atom. The van der Waals surface area contributed by atoms with E-state index in [9.17, 15) is 4.79 Å². The molecule has 0 aliphatic carbocycles. The number of hydrogen-bond donors (Lipinski definition) is 2. The van der Waals surface area contributed by atoms with E-state index in [1.165, 1.54) is 0 Å². The number of hydrogen-bond acceptors (Lipinski definition) is 3. The molecule has 0 spiro atoms. The lowest BCUT2D eigenvalue weighted by Crippen LogP contribution is -2.34. The Hall–Kier alpha value is -1.36. The summed E-state index contributed by atoms with van der Waals surface area (Å²) in [6.45, 7) is 4.55. The largest absolute Gasteiger partial charge is 0.396 e. The van der Waals surface area contributed by atoms with Gasteiger partial charge in [-0.25, -0.2) is 0 Å². The zero-order chi connectivity index (χ0) is 12.0. The smallest absolute Gasteiger partial charge is 0.244 e. The quantitative estimate of drug-likeness (QED) is 0.744. The van der Waals surface area contributed by atoms with Gasteiger partial charge in [0.25, 0.3) is 0 Å². The van der Waals surface area contributed by atoms with Crippen molar-refractivity contribution in [1.82, 2.24) is 15.1 Å². The highest BCUT2D eigenvalue weighted by molar-refractivity contribution is 5.79. The van der Waals surface area contributed by atoms with E-state index in [2.05, 4.69) is 10.4 Å². The van der Waals surface area contributed by atoms with Crippen LogP contribution in [-0.2, 0) is 4.79 Å². The monoisotopic (exact) mass is 225 g/mol. The Labute approximate surface area is 95.5 Å². The Morgan fingerprint density at radius 2 is 2.31 bits per heavy atom. The summed E-state index contributed by atoms with van der Waals surface area (Å²) >= 11 is 0. The van der Waals surface area contributed by atoms with Crippen molar-refractivity contribution in [2.75, 3.05) is 13.2 Å². The number of aliphatic hydroxyl groups is 1. The molecule has 16 heavy (non-hydrogen) atoms. The van der Waals surface area contributed by atoms with E-state index in [1.54, 1.807) is 30.1 Å². The maximum atomic E-state index is 11.7. The van der Waals surface area contributed by atoms with Gasteiger partial charge in [-0.1, -0.05) is 6.92 Å². The van der Waals surface area contributed by atoms with Crippen molar-refractivity contribution in [3.8, 4) is 0 Å². The highest BCUT2D eigenvalue weighted by atomic mass is 16.3. The van der Waals surface area contributed by atoms with Crippen LogP contribution < -0.4 is 5.32 Å². The number of amides is 1. The van der Waals surface area contributed by atoms with E-state index in [0.717, 1.165) is 0 Å². The van der Waals surface area contributed by atoms with Gasteiger partial charge in [0.15, 0.2) is 0 Å². The summed E-state index contributed by atoms with van der Waals surface area (Å²) in [4.78, 5) is 11.7. The van der Waals surface area contributed by atoms with Gasteiger partial charge in [-0.2, -0.15) is 5.10 Å². The van der Waals surface area contributed by atoms with Crippen molar-refractivity contribution in [1.29, 1.82) is 0 Å². The molecular weight excluding hydrogens is 206 g/mol. The van der Waals surface area contributed by atoms with Crippen LogP contribution >= 0.6 is 0 Å². The lowest BCUT2D eigenvalue weighted by Gasteiger charge is -2.15. The minimum absolute atomic E-state index is 0.0477. The van der Waals surface area contributed by atoms with Crippen LogP contribution in [0.2, 0.25) is 0 Å². The lowest BCUT2D eigenvalue weighted by atomic mass is 10.1. The molecule has 1 heterocycles. The highest BCUT2D eigenvalue weighted by Gasteiger charge is 2.14. The summed E-state index contributed by atoms with van der Waals surface area (Å²) < 4.78 is 1.62. The second-order valence-electron chi connectivity index (χ2n) is 4.02. The van der Waals surface area contributed by atoms with Gasteiger partial charge in [0.2, 0.25) is 5.91 Å². The van der Waals surface area contributed by atoms with Crippen LogP contribution in [0.1, 0.15) is 26.3 Å². The maximum Gasteiger partial charge on any atom is 0.244 e. The molecule has 2 unspecified atom stereocenters. The average Bonchev–Trinajstić information content (AvgIpc) is 2.78. The molecule has 0 aliphatic heterocycles. The summed E-state index contributed by atoms with van der Waals surface area (Å²) in [5, 5.41) is 15.6. The SMILES string of the molecule is CC(CCO)CNC(=O)C(C)n1cccn1. The Balaban J connectivity index is 2.35. The minimum atomic E-state index is -0.295. The third-order valence-corrected chi connectivity index (χ3v) is 2.55. The first-order valence-electron chi connectivity index (χ1n) is 5.53. The van der Waals surface area contributed by atoms with Crippen LogP contribution in [-0.4, -0.2) is 33.9 Å². The third-order valence-electron chi connectivity index (χ3n) is 2.55. The zero-order valence-electron chi connectivity index (χ0n) is 9.76. The molecule has 1 aromatic rings. The third kappa shape index (κ3) is 3.66. The highest BCUT2D eigenvalue weighted by Crippen LogP contribution is 2.04. The van der Waals surface area contributed by atoms with Gasteiger partial charge in [-0.3, -0.25) is 9.48 Å². The van der Waals surface area contributed by atoms with Crippen LogP contribution in [0.15, 0.2) is 18.5 Å². The summed E-state index contributed by atoms with van der Waals surface area (Å²) in [6, 6.07) is 1.49. The van der Waals surface area contributed by atoms with Crippen molar-refractivity contribution in [3.05, 3.63) is 18.5 Å². The summed E-state index contributed by atoms with van der Waals surface area (Å²) in [5.74, 6) is 0.243. The fourth-order valence-corrected chi connectivity index (χ4v) is 1.37. The fourth-order valence-electron chi connectivity index (χ4n) is 1.37. The van der Waals surface area contributed by atoms with Crippen LogP contribution in [0, 0.1) is 5.92 Å². The van der Waals surface area contributed by atoms with E-state index in [0.29, 0.717) is 18.9 Å². The van der Waals surface area contributed by atoms with Gasteiger partial charge in [0, 0.05) is 25.5 Å². The Bertz CT molecular complexity index is 311. The van der Waals surface area contributed by atoms with E-state index in [4.69, 9.17) is 5.11 Å². The van der Waals surface area contributed by atoms with Crippen molar-refractivity contribution < 1.29 is 9.90 Å². The van der Waals surface area contributed by atoms with Gasteiger partial charge >= 0.3 is 0 Å². The molecule has 0 saturated heterocycles. The van der Waals surface area contributed by atoms with Gasteiger partial charge in [-0.05, 0) is 25.3 Å². The van der Waals surface area contributed by atoms with E-state index < -0.39 is 0 Å². The van der Waals surface area contributed by atoms with Gasteiger partial charge < -0.3 is 10.4 Å². The first-order chi connectivity index (χ1) is 7.65. The van der Waals surface area contributed by atoms with E-state index >= 15 is 0 Å². The normalized spacial score (nSPS) is 14.4.